The van der Waals surface area contributed by atoms with Crippen molar-refractivity contribution in [1.82, 2.24) is 10.3 Å². The molecule has 0 bridgehead atoms. The van der Waals surface area contributed by atoms with Crippen LogP contribution in [0.25, 0.3) is 10.9 Å². The Morgan fingerprint density at radius 3 is 2.78 bits per heavy atom. The molecule has 4 nitrogen and oxygen atoms in total. The highest BCUT2D eigenvalue weighted by molar-refractivity contribution is 6.30. The number of hydrogen-bond donors (Lipinski definition) is 2. The van der Waals surface area contributed by atoms with E-state index in [0.717, 1.165) is 36.1 Å². The largest absolute Gasteiger partial charge is 0.349 e. The number of halogens is 1. The summed E-state index contributed by atoms with van der Waals surface area (Å²) in [6, 6.07) is 16.8. The van der Waals surface area contributed by atoms with E-state index in [1.165, 1.54) is 11.6 Å². The number of rotatable bonds is 3. The van der Waals surface area contributed by atoms with Crippen molar-refractivity contribution in [2.75, 3.05) is 0 Å². The van der Waals surface area contributed by atoms with Crippen molar-refractivity contribution in [2.45, 2.75) is 37.6 Å². The molecule has 27 heavy (non-hydrogen) atoms. The van der Waals surface area contributed by atoms with Gasteiger partial charge in [0.25, 0.3) is 5.91 Å². The van der Waals surface area contributed by atoms with Crippen LogP contribution in [0.2, 0.25) is 5.02 Å². The van der Waals surface area contributed by atoms with Crippen LogP contribution in [0.15, 0.2) is 59.4 Å². The monoisotopic (exact) mass is 380 g/mol. The molecule has 138 valence electrons. The van der Waals surface area contributed by atoms with Gasteiger partial charge in [-0.15, -0.1) is 0 Å². The van der Waals surface area contributed by atoms with Crippen LogP contribution in [-0.4, -0.2) is 16.9 Å². The summed E-state index contributed by atoms with van der Waals surface area (Å²) < 4.78 is 0. The molecule has 1 amide bonds. The molecule has 1 heterocycles. The number of aromatic nitrogens is 1. The average Bonchev–Trinajstić information content (AvgIpc) is 2.67. The summed E-state index contributed by atoms with van der Waals surface area (Å²) in [5, 5.41) is 4.65. The molecule has 1 aliphatic carbocycles. The molecule has 1 fully saturated rings. The summed E-state index contributed by atoms with van der Waals surface area (Å²) in [6.07, 6.45) is 3.98. The molecular weight excluding hydrogens is 360 g/mol. The van der Waals surface area contributed by atoms with Gasteiger partial charge in [-0.05, 0) is 48.9 Å². The van der Waals surface area contributed by atoms with Crippen LogP contribution in [0.1, 0.15) is 47.5 Å². The van der Waals surface area contributed by atoms with Gasteiger partial charge in [0.15, 0.2) is 0 Å². The summed E-state index contributed by atoms with van der Waals surface area (Å²) in [4.78, 5) is 27.6. The average molecular weight is 381 g/mol. The van der Waals surface area contributed by atoms with Crippen LogP contribution in [0.3, 0.4) is 0 Å². The molecule has 5 heteroatoms. The molecule has 0 aliphatic heterocycles. The number of benzene rings is 2. The number of amides is 1. The molecule has 0 radical (unpaired) electrons. The van der Waals surface area contributed by atoms with E-state index >= 15 is 0 Å². The number of pyridine rings is 1. The van der Waals surface area contributed by atoms with Gasteiger partial charge >= 0.3 is 0 Å². The van der Waals surface area contributed by atoms with E-state index in [9.17, 15) is 9.59 Å². The minimum Gasteiger partial charge on any atom is -0.349 e. The predicted molar refractivity (Wildman–Crippen MR) is 108 cm³/mol. The van der Waals surface area contributed by atoms with Crippen molar-refractivity contribution >= 4 is 28.4 Å². The Morgan fingerprint density at radius 2 is 1.93 bits per heavy atom. The number of carbonyl (C=O) groups is 1. The van der Waals surface area contributed by atoms with Crippen LogP contribution in [0.4, 0.5) is 0 Å². The maximum absolute atomic E-state index is 12.9. The molecule has 2 N–H and O–H groups in total. The van der Waals surface area contributed by atoms with E-state index in [-0.39, 0.29) is 17.5 Å². The second-order valence-corrected chi connectivity index (χ2v) is 7.62. The number of para-hydroxylation sites is 1. The van der Waals surface area contributed by atoms with E-state index in [1.807, 2.05) is 42.5 Å². The van der Waals surface area contributed by atoms with Crippen LogP contribution in [-0.2, 0) is 0 Å². The second-order valence-electron chi connectivity index (χ2n) is 7.18. The zero-order valence-corrected chi connectivity index (χ0v) is 15.6. The van der Waals surface area contributed by atoms with Crippen molar-refractivity contribution < 1.29 is 4.79 Å². The van der Waals surface area contributed by atoms with Gasteiger partial charge in [0, 0.05) is 28.0 Å². The van der Waals surface area contributed by atoms with Gasteiger partial charge in [0.05, 0.1) is 5.56 Å². The van der Waals surface area contributed by atoms with E-state index in [4.69, 9.17) is 11.6 Å². The highest BCUT2D eigenvalue weighted by Crippen LogP contribution is 2.34. The SMILES string of the molecule is O=C(NC1CCCC(c2cccc(Cl)c2)C1)c1cc(=O)[nH]c2ccccc12. The molecular formula is C22H21ClN2O2. The van der Waals surface area contributed by atoms with Crippen molar-refractivity contribution in [3.63, 3.8) is 0 Å². The number of fused-ring (bicyclic) bond motifs is 1. The quantitative estimate of drug-likeness (QED) is 0.695. The molecule has 2 unspecified atom stereocenters. The highest BCUT2D eigenvalue weighted by Gasteiger charge is 2.25. The Hall–Kier alpha value is -2.59. The van der Waals surface area contributed by atoms with E-state index in [1.54, 1.807) is 0 Å². The van der Waals surface area contributed by atoms with Gasteiger partial charge < -0.3 is 10.3 Å². The fourth-order valence-electron chi connectivity index (χ4n) is 4.04. The summed E-state index contributed by atoms with van der Waals surface area (Å²) in [6.45, 7) is 0. The van der Waals surface area contributed by atoms with Crippen molar-refractivity contribution in [2.24, 2.45) is 0 Å². The lowest BCUT2D eigenvalue weighted by Crippen LogP contribution is -2.38. The number of carbonyl (C=O) groups excluding carboxylic acids is 1. The highest BCUT2D eigenvalue weighted by atomic mass is 35.5. The Labute approximate surface area is 162 Å². The summed E-state index contributed by atoms with van der Waals surface area (Å²) in [5.74, 6) is 0.202. The zero-order chi connectivity index (χ0) is 18.8. The Balaban J connectivity index is 1.54. The van der Waals surface area contributed by atoms with Crippen LogP contribution in [0.5, 0.6) is 0 Å². The van der Waals surface area contributed by atoms with Gasteiger partial charge in [0.1, 0.15) is 0 Å². The summed E-state index contributed by atoms with van der Waals surface area (Å²) in [5.41, 5.74) is 2.07. The molecule has 1 aliphatic rings. The molecule has 2 atom stereocenters. The molecule has 4 rings (SSSR count). The number of hydrogen-bond acceptors (Lipinski definition) is 2. The lowest BCUT2D eigenvalue weighted by molar-refractivity contribution is 0.0926. The minimum absolute atomic E-state index is 0.0910. The third kappa shape index (κ3) is 3.91. The van der Waals surface area contributed by atoms with Crippen LogP contribution in [0, 0.1) is 0 Å². The van der Waals surface area contributed by atoms with Crippen LogP contribution < -0.4 is 10.9 Å². The first kappa shape index (κ1) is 17.8. The molecule has 3 aromatic rings. The normalized spacial score (nSPS) is 19.7. The lowest BCUT2D eigenvalue weighted by atomic mass is 9.81. The lowest BCUT2D eigenvalue weighted by Gasteiger charge is -2.30. The van der Waals surface area contributed by atoms with E-state index < -0.39 is 0 Å². The van der Waals surface area contributed by atoms with Gasteiger partial charge in [-0.3, -0.25) is 9.59 Å². The smallest absolute Gasteiger partial charge is 0.252 e. The van der Waals surface area contributed by atoms with Gasteiger partial charge in [-0.1, -0.05) is 48.4 Å². The molecule has 1 aromatic heterocycles. The van der Waals surface area contributed by atoms with E-state index in [0.29, 0.717) is 17.0 Å². The molecule has 0 spiro atoms. The topological polar surface area (TPSA) is 62.0 Å². The Kier molecular flexibility index (Phi) is 4.99. The first-order valence-corrected chi connectivity index (χ1v) is 9.66. The molecule has 0 saturated heterocycles. The standard InChI is InChI=1S/C22H21ClN2O2/c23-16-7-3-5-14(11-16)15-6-4-8-17(12-15)24-22(27)19-13-21(26)25-20-10-2-1-9-18(19)20/h1-3,5,7,9-11,13,15,17H,4,6,8,12H2,(H,24,27)(H,25,26). The van der Waals surface area contributed by atoms with Gasteiger partial charge in [-0.2, -0.15) is 0 Å². The van der Waals surface area contributed by atoms with Crippen molar-refractivity contribution in [3.8, 4) is 0 Å². The first-order chi connectivity index (χ1) is 13.1. The minimum atomic E-state index is -0.265. The number of aromatic amines is 1. The first-order valence-electron chi connectivity index (χ1n) is 9.28. The van der Waals surface area contributed by atoms with Crippen molar-refractivity contribution in [1.29, 1.82) is 0 Å². The summed E-state index contributed by atoms with van der Waals surface area (Å²) in [7, 11) is 0. The van der Waals surface area contributed by atoms with Crippen LogP contribution >= 0.6 is 11.6 Å². The van der Waals surface area contributed by atoms with Gasteiger partial charge in [0.2, 0.25) is 5.56 Å². The predicted octanol–water partition coefficient (Wildman–Crippen LogP) is 4.64. The Morgan fingerprint density at radius 1 is 1.07 bits per heavy atom. The fraction of sp³-hybridized carbons (Fsp3) is 0.273. The third-order valence-electron chi connectivity index (χ3n) is 5.32. The van der Waals surface area contributed by atoms with Crippen molar-refractivity contribution in [3.05, 3.63) is 81.1 Å². The maximum Gasteiger partial charge on any atom is 0.252 e. The number of nitrogens with one attached hydrogen (secondary N) is 2. The number of H-pyrrole nitrogens is 1. The fourth-order valence-corrected chi connectivity index (χ4v) is 4.24. The molecule has 1 saturated carbocycles. The maximum atomic E-state index is 12.9. The third-order valence-corrected chi connectivity index (χ3v) is 5.56. The second kappa shape index (κ2) is 7.57. The van der Waals surface area contributed by atoms with Gasteiger partial charge in [-0.25, -0.2) is 0 Å². The Bertz CT molecular complexity index is 1040. The zero-order valence-electron chi connectivity index (χ0n) is 14.9. The van der Waals surface area contributed by atoms with E-state index in [2.05, 4.69) is 16.4 Å². The molecule has 2 aromatic carbocycles. The summed E-state index contributed by atoms with van der Waals surface area (Å²) >= 11 is 6.13.